The lowest BCUT2D eigenvalue weighted by Gasteiger charge is -2.29. The molecule has 13 nitrogen and oxygen atoms in total. The first-order valence-electron chi connectivity index (χ1n) is 11.4. The predicted octanol–water partition coefficient (Wildman–Crippen LogP) is 3.56. The molecule has 0 fully saturated rings. The van der Waals surface area contributed by atoms with Crippen molar-refractivity contribution in [3.8, 4) is 0 Å². The summed E-state index contributed by atoms with van der Waals surface area (Å²) < 4.78 is 53.3. The quantitative estimate of drug-likeness (QED) is 0.118. The molecule has 0 aromatic rings. The van der Waals surface area contributed by atoms with Crippen LogP contribution in [0.25, 0.3) is 0 Å². The number of hydrogen-bond donors (Lipinski definition) is 2. The lowest BCUT2D eigenvalue weighted by molar-refractivity contribution is -0.202. The Morgan fingerprint density at radius 2 is 1.36 bits per heavy atom. The Kier molecular flexibility index (Phi) is 16.8. The third-order valence-electron chi connectivity index (χ3n) is 4.07. The summed E-state index contributed by atoms with van der Waals surface area (Å²) in [5.74, 6) is 0.139. The van der Waals surface area contributed by atoms with E-state index in [1.54, 1.807) is 27.7 Å². The Labute approximate surface area is 212 Å². The fraction of sp³-hybridized carbons (Fsp3) is 0.818. The van der Waals surface area contributed by atoms with Gasteiger partial charge in [0.25, 0.3) is 0 Å². The first-order valence-corrected chi connectivity index (χ1v) is 13.2. The molecule has 0 saturated heterocycles. The second kappa shape index (κ2) is 17.7. The Morgan fingerprint density at radius 3 is 1.72 bits per heavy atom. The van der Waals surface area contributed by atoms with Crippen molar-refractivity contribution in [1.82, 2.24) is 0 Å². The molecule has 14 heteroatoms. The van der Waals surface area contributed by atoms with Crippen LogP contribution < -0.4 is 0 Å². The van der Waals surface area contributed by atoms with E-state index in [9.17, 15) is 24.4 Å². The van der Waals surface area contributed by atoms with Crippen LogP contribution in [0.3, 0.4) is 0 Å². The molecule has 3 atom stereocenters. The van der Waals surface area contributed by atoms with Gasteiger partial charge in [-0.05, 0) is 46.1 Å². The highest BCUT2D eigenvalue weighted by Gasteiger charge is 2.35. The maximum atomic E-state index is 13.4. The molecule has 0 aromatic carbocycles. The summed E-state index contributed by atoms with van der Waals surface area (Å²) in [4.78, 5) is 23.2. The molecule has 3 unspecified atom stereocenters. The average Bonchev–Trinajstić information content (AvgIpc) is 2.76. The van der Waals surface area contributed by atoms with E-state index in [1.807, 2.05) is 13.8 Å². The fourth-order valence-electron chi connectivity index (χ4n) is 2.43. The third kappa shape index (κ3) is 14.7. The summed E-state index contributed by atoms with van der Waals surface area (Å²) in [5.41, 5.74) is 0.0375. The smallest absolute Gasteiger partial charge is 0.432 e. The van der Waals surface area contributed by atoms with Crippen molar-refractivity contribution in [3.63, 3.8) is 0 Å². The van der Waals surface area contributed by atoms with Gasteiger partial charge in [0.2, 0.25) is 13.6 Å². The Morgan fingerprint density at radius 1 is 0.889 bits per heavy atom. The number of carbonyl (C=O) groups excluding carboxylic acids is 2. The van der Waals surface area contributed by atoms with Crippen LogP contribution in [-0.2, 0) is 42.0 Å². The van der Waals surface area contributed by atoms with Crippen LogP contribution >= 0.6 is 7.60 Å². The van der Waals surface area contributed by atoms with E-state index in [2.05, 4.69) is 0 Å². The monoisotopic (exact) mass is 544 g/mol. The summed E-state index contributed by atoms with van der Waals surface area (Å²) in [6, 6.07) is 0. The van der Waals surface area contributed by atoms with Crippen LogP contribution in [0, 0.1) is 5.92 Å². The molecule has 0 aliphatic carbocycles. The Hall–Kier alpha value is -1.73. The number of ether oxygens (including phenoxy) is 6. The summed E-state index contributed by atoms with van der Waals surface area (Å²) >= 11 is 0. The summed E-state index contributed by atoms with van der Waals surface area (Å²) in [7, 11) is -2.92. The van der Waals surface area contributed by atoms with Gasteiger partial charge >= 0.3 is 19.9 Å². The maximum Gasteiger partial charge on any atom is 0.510 e. The number of carbonyl (C=O) groups is 2. The highest BCUT2D eigenvalue weighted by Crippen LogP contribution is 2.50. The summed E-state index contributed by atoms with van der Waals surface area (Å²) in [5, 5.41) is 21.3. The molecule has 0 radical (unpaired) electrons. The van der Waals surface area contributed by atoms with Gasteiger partial charge in [-0.15, -0.1) is 0 Å². The van der Waals surface area contributed by atoms with E-state index in [-0.39, 0.29) is 18.1 Å². The second-order valence-electron chi connectivity index (χ2n) is 8.52. The van der Waals surface area contributed by atoms with Crippen molar-refractivity contribution in [2.75, 3.05) is 33.5 Å². The minimum absolute atomic E-state index is 0.0375. The second-order valence-corrected chi connectivity index (χ2v) is 10.6. The van der Waals surface area contributed by atoms with Gasteiger partial charge < -0.3 is 38.6 Å². The minimum Gasteiger partial charge on any atom is -0.432 e. The standard InChI is InChI=1S/C22H41O13P/c1-9-17(18(23)19(24)20(28-8)29-10-14(2)3)11-36(27,32-12-30-21(25)34-15(4)5)33-13-31-22(26)35-16(6)7/h9,14-16,18-20,23-24H,10-13H2,1-8H3/b17-9+. The fourth-order valence-corrected chi connectivity index (χ4v) is 3.93. The lowest BCUT2D eigenvalue weighted by Crippen LogP contribution is -2.42. The van der Waals surface area contributed by atoms with Gasteiger partial charge in [-0.25, -0.2) is 9.59 Å². The number of aliphatic hydroxyl groups is 2. The third-order valence-corrected chi connectivity index (χ3v) is 5.82. The van der Waals surface area contributed by atoms with Gasteiger partial charge in [0.15, 0.2) is 6.29 Å². The van der Waals surface area contributed by atoms with Crippen LogP contribution in [0.5, 0.6) is 0 Å². The largest absolute Gasteiger partial charge is 0.510 e. The number of methoxy groups -OCH3 is 1. The topological polar surface area (TPSA) is 166 Å². The van der Waals surface area contributed by atoms with Crippen LogP contribution in [0.15, 0.2) is 11.6 Å². The van der Waals surface area contributed by atoms with Gasteiger partial charge in [-0.3, -0.25) is 13.6 Å². The highest BCUT2D eigenvalue weighted by molar-refractivity contribution is 7.54. The van der Waals surface area contributed by atoms with E-state index >= 15 is 0 Å². The minimum atomic E-state index is -4.22. The van der Waals surface area contributed by atoms with E-state index in [0.717, 1.165) is 0 Å². The zero-order valence-corrected chi connectivity index (χ0v) is 23.1. The van der Waals surface area contributed by atoms with Crippen LogP contribution in [-0.4, -0.2) is 86.7 Å². The van der Waals surface area contributed by atoms with Crippen molar-refractivity contribution in [2.24, 2.45) is 5.92 Å². The van der Waals surface area contributed by atoms with Gasteiger partial charge in [0.05, 0.1) is 25.0 Å². The van der Waals surface area contributed by atoms with E-state index in [1.165, 1.54) is 20.1 Å². The molecule has 0 aromatic heterocycles. The van der Waals surface area contributed by atoms with E-state index < -0.39 is 70.4 Å². The van der Waals surface area contributed by atoms with E-state index in [4.69, 9.17) is 37.5 Å². The van der Waals surface area contributed by atoms with E-state index in [0.29, 0.717) is 0 Å². The number of aliphatic hydroxyl groups excluding tert-OH is 2. The SMILES string of the molecule is C/C=C(\CP(=O)(OCOC(=O)OC(C)C)OCOC(=O)OC(C)C)C(O)C(O)C(OC)OCC(C)C. The Balaban J connectivity index is 5.43. The molecule has 2 N–H and O–H groups in total. The average molecular weight is 545 g/mol. The first kappa shape index (κ1) is 34.3. The number of allylic oxidation sites excluding steroid dienone is 1. The first-order chi connectivity index (χ1) is 16.7. The molecule has 0 bridgehead atoms. The van der Waals surface area contributed by atoms with Crippen molar-refractivity contribution < 1.29 is 61.8 Å². The maximum absolute atomic E-state index is 13.4. The molecule has 0 heterocycles. The van der Waals surface area contributed by atoms with Crippen molar-refractivity contribution in [1.29, 1.82) is 0 Å². The molecule has 0 saturated carbocycles. The van der Waals surface area contributed by atoms with Crippen LogP contribution in [0.1, 0.15) is 48.5 Å². The molecular formula is C22H41O13P. The zero-order chi connectivity index (χ0) is 27.9. The van der Waals surface area contributed by atoms with Crippen molar-refractivity contribution in [2.45, 2.75) is 79.2 Å². The lowest BCUT2D eigenvalue weighted by atomic mass is 10.1. The van der Waals surface area contributed by atoms with Crippen LogP contribution in [0.2, 0.25) is 0 Å². The molecule has 0 aliphatic heterocycles. The Bertz CT molecular complexity index is 691. The summed E-state index contributed by atoms with van der Waals surface area (Å²) in [6.07, 6.45) is -6.55. The number of rotatable bonds is 17. The predicted molar refractivity (Wildman–Crippen MR) is 127 cm³/mol. The van der Waals surface area contributed by atoms with Gasteiger partial charge in [-0.1, -0.05) is 19.9 Å². The van der Waals surface area contributed by atoms with Gasteiger partial charge in [-0.2, -0.15) is 0 Å². The highest BCUT2D eigenvalue weighted by atomic mass is 31.2. The molecule has 0 amide bonds. The normalized spacial score (nSPS) is 15.1. The summed E-state index contributed by atoms with van der Waals surface area (Å²) in [6.45, 7) is 10.3. The van der Waals surface area contributed by atoms with Gasteiger partial charge in [0.1, 0.15) is 12.2 Å². The number of hydrogen-bond acceptors (Lipinski definition) is 13. The molecule has 0 spiro atoms. The molecule has 36 heavy (non-hydrogen) atoms. The molecule has 0 aliphatic rings. The zero-order valence-electron chi connectivity index (χ0n) is 22.2. The van der Waals surface area contributed by atoms with Gasteiger partial charge in [0, 0.05) is 7.11 Å². The molecular weight excluding hydrogens is 503 g/mol. The molecule has 0 rings (SSSR count). The molecule has 212 valence electrons. The van der Waals surface area contributed by atoms with Crippen molar-refractivity contribution in [3.05, 3.63) is 11.6 Å². The van der Waals surface area contributed by atoms with Crippen molar-refractivity contribution >= 4 is 19.9 Å². The van der Waals surface area contributed by atoms with Crippen LogP contribution in [0.4, 0.5) is 9.59 Å².